The van der Waals surface area contributed by atoms with Gasteiger partial charge in [0, 0.05) is 106 Å². The third-order valence-electron chi connectivity index (χ3n) is 10.9. The highest BCUT2D eigenvalue weighted by Crippen LogP contribution is 2.43. The molecule has 4 aromatic carbocycles. The number of halogens is 4. The second-order valence-corrected chi connectivity index (χ2v) is 20.0. The van der Waals surface area contributed by atoms with Crippen LogP contribution in [0.15, 0.2) is 117 Å². The molecule has 8 bridgehead atoms. The van der Waals surface area contributed by atoms with Gasteiger partial charge in [-0.2, -0.15) is 0 Å². The Morgan fingerprint density at radius 3 is 0.797 bits per heavy atom. The summed E-state index contributed by atoms with van der Waals surface area (Å²) in [7, 11) is 0. The number of nitrogens with zero attached hydrogens (tertiary/aromatic N) is 2. The van der Waals surface area contributed by atoms with Gasteiger partial charge in [-0.05, 0) is 167 Å². The first-order valence-electron chi connectivity index (χ1n) is 19.0. The van der Waals surface area contributed by atoms with Gasteiger partial charge in [-0.3, -0.25) is 26.8 Å². The van der Waals surface area contributed by atoms with Gasteiger partial charge < -0.3 is 28.2 Å². The van der Waals surface area contributed by atoms with Crippen LogP contribution in [0.5, 0.6) is 0 Å². The van der Waals surface area contributed by atoms with Gasteiger partial charge in [-0.25, -0.2) is 0 Å². The number of rotatable bonds is 8. The van der Waals surface area contributed by atoms with Crippen LogP contribution in [0, 0.1) is 0 Å². The molecule has 0 saturated heterocycles. The number of hydrogen-bond donors (Lipinski definition) is 2. The Bertz CT molecular complexity index is 2960. The number of hydrogen-bond acceptors (Lipinski definition) is 10. The zero-order chi connectivity index (χ0) is 45.1. The quantitative estimate of drug-likeness (QED) is 0.137. The zero-order valence-corrected chi connectivity index (χ0v) is 38.7. The van der Waals surface area contributed by atoms with Gasteiger partial charge in [0.1, 0.15) is 0 Å². The topological polar surface area (TPSA) is 218 Å². The molecule has 4 atom stereocenters. The minimum Gasteiger partial charge on any atom is -0.768 e. The molecule has 326 valence electrons. The van der Waals surface area contributed by atoms with Gasteiger partial charge in [0.15, 0.2) is 0 Å². The van der Waals surface area contributed by atoms with E-state index in [2.05, 4.69) is 9.97 Å². The molecule has 20 heteroatoms. The minimum absolute atomic E-state index is 0.0296. The summed E-state index contributed by atoms with van der Waals surface area (Å²) < 4.78 is 98.6. The molecule has 0 spiro atoms. The van der Waals surface area contributed by atoms with Crippen LogP contribution in [-0.2, 0) is 70.0 Å². The van der Waals surface area contributed by atoms with Crippen molar-refractivity contribution in [3.05, 3.63) is 140 Å². The SMILES string of the molecule is O=S([O-])c1ccc(Cl)c(-c2c3nc(c(-c4cc(S(=O)[O-])ccc4Cl)c4ccc([nH]4)c(-c4cc(S(=O)[O-])ccc4Cl)c4nc(c(-c5cc(S(=O)[O-])ccc5Cl)c5ccc2[nH]5)CC4)CC3)c1. The highest BCUT2D eigenvalue weighted by atomic mass is 35.5. The Balaban J connectivity index is 1.52. The molecule has 64 heavy (non-hydrogen) atoms. The normalized spacial score (nSPS) is 14.6. The number of aromatic amines is 2. The van der Waals surface area contributed by atoms with E-state index in [-0.39, 0.29) is 39.7 Å². The lowest BCUT2D eigenvalue weighted by Crippen LogP contribution is -1.94. The van der Waals surface area contributed by atoms with Gasteiger partial charge in [-0.1, -0.05) is 46.4 Å². The molecule has 3 aromatic heterocycles. The lowest BCUT2D eigenvalue weighted by atomic mass is 10.0. The standard InChI is InChI=1S/C44H30Cl4N4O8S4/c45-29-5-1-21(61(53)54)17-25(29)41-33-9-11-35(49-33)42(26-18-22(62(55)56)2-6-30(26)46)37-13-15-39(51-37)44(28-20-24(64(59)60)4-8-32(28)48)40-16-14-38(52-40)43(36-12-10-34(41)50-36)27-19-23(63(57)58)3-7-31(27)47/h1-9,11,14,16-20,49,52H,10,12-13,15H2,(H,53,54)(H,55,56)(H,57,58)(H,59,60)/p-4. The molecule has 2 aliphatic heterocycles. The number of H-pyrrole nitrogens is 2. The van der Waals surface area contributed by atoms with Crippen LogP contribution in [0.2, 0.25) is 20.1 Å². The predicted octanol–water partition coefficient (Wildman–Crippen LogP) is 10.1. The molecular formula is C44H26Cl4N4O8S4-4. The van der Waals surface area contributed by atoms with Crippen molar-refractivity contribution in [1.29, 1.82) is 0 Å². The molecule has 7 aromatic rings. The smallest absolute Gasteiger partial charge is 0.0510 e. The Morgan fingerprint density at radius 1 is 0.375 bits per heavy atom. The first-order valence-corrected chi connectivity index (χ1v) is 24.8. The first kappa shape index (κ1) is 44.8. The first-order chi connectivity index (χ1) is 30.7. The lowest BCUT2D eigenvalue weighted by Gasteiger charge is -2.13. The van der Waals surface area contributed by atoms with Crippen LogP contribution in [0.3, 0.4) is 0 Å². The van der Waals surface area contributed by atoms with Crippen molar-refractivity contribution >= 4 is 113 Å². The molecule has 5 heterocycles. The van der Waals surface area contributed by atoms with E-state index < -0.39 is 44.3 Å². The third kappa shape index (κ3) is 8.47. The largest absolute Gasteiger partial charge is 0.768 e. The molecule has 0 fully saturated rings. The molecular weight excluding hydrogens is 983 g/mol. The van der Waals surface area contributed by atoms with E-state index >= 15 is 0 Å². The predicted molar refractivity (Wildman–Crippen MR) is 246 cm³/mol. The summed E-state index contributed by atoms with van der Waals surface area (Å²) in [5.41, 5.74) is 7.04. The summed E-state index contributed by atoms with van der Waals surface area (Å²) in [6.07, 6.45) is 1.22. The van der Waals surface area contributed by atoms with Gasteiger partial charge in [0.05, 0.1) is 22.8 Å². The lowest BCUT2D eigenvalue weighted by molar-refractivity contribution is 0.535. The molecule has 4 unspecified atom stereocenters. The van der Waals surface area contributed by atoms with Crippen molar-refractivity contribution in [3.8, 4) is 44.5 Å². The second-order valence-electron chi connectivity index (χ2n) is 14.6. The Hall–Kier alpha value is -4.40. The van der Waals surface area contributed by atoms with E-state index in [1.165, 1.54) is 72.8 Å². The van der Waals surface area contributed by atoms with Crippen molar-refractivity contribution in [3.63, 3.8) is 0 Å². The average molecular weight is 1010 g/mol. The Labute approximate surface area is 394 Å². The average Bonchev–Trinajstić information content (AvgIpc) is 4.11. The highest BCUT2D eigenvalue weighted by Gasteiger charge is 2.25. The van der Waals surface area contributed by atoms with Gasteiger partial charge >= 0.3 is 0 Å². The summed E-state index contributed by atoms with van der Waals surface area (Å²) >= 11 is 17.1. The van der Waals surface area contributed by atoms with Crippen LogP contribution >= 0.6 is 46.4 Å². The molecule has 0 amide bonds. The molecule has 2 N–H and O–H groups in total. The Morgan fingerprint density at radius 2 is 0.594 bits per heavy atom. The fourth-order valence-corrected chi connectivity index (χ4v) is 10.6. The fourth-order valence-electron chi connectivity index (χ4n) is 8.14. The molecule has 0 radical (unpaired) electrons. The van der Waals surface area contributed by atoms with E-state index in [0.29, 0.717) is 115 Å². The zero-order valence-electron chi connectivity index (χ0n) is 32.4. The number of fused-ring (bicyclic) bond motifs is 8. The van der Waals surface area contributed by atoms with Gasteiger partial charge in [0.25, 0.3) is 0 Å². The van der Waals surface area contributed by atoms with Crippen molar-refractivity contribution in [2.24, 2.45) is 0 Å². The number of aryl methyl sites for hydroxylation is 4. The van der Waals surface area contributed by atoms with Crippen molar-refractivity contribution in [2.45, 2.75) is 45.3 Å². The van der Waals surface area contributed by atoms with E-state index in [4.69, 9.17) is 56.4 Å². The van der Waals surface area contributed by atoms with E-state index in [1.807, 2.05) is 0 Å². The van der Waals surface area contributed by atoms with Crippen LogP contribution in [0.1, 0.15) is 22.8 Å². The minimum atomic E-state index is -2.63. The van der Waals surface area contributed by atoms with Crippen LogP contribution in [-0.4, -0.2) is 55.0 Å². The summed E-state index contributed by atoms with van der Waals surface area (Å²) in [4.78, 5) is 17.2. The summed E-state index contributed by atoms with van der Waals surface area (Å²) in [5.74, 6) is 0. The molecule has 9 rings (SSSR count). The highest BCUT2D eigenvalue weighted by molar-refractivity contribution is 7.79. The monoisotopic (exact) mass is 1010 g/mol. The molecule has 2 aliphatic rings. The molecule has 0 saturated carbocycles. The van der Waals surface area contributed by atoms with Gasteiger partial charge in [-0.15, -0.1) is 0 Å². The summed E-state index contributed by atoms with van der Waals surface area (Å²) in [6.45, 7) is 0. The maximum atomic E-state index is 12.3. The molecule has 0 aliphatic carbocycles. The third-order valence-corrected chi connectivity index (χ3v) is 14.8. The van der Waals surface area contributed by atoms with Crippen LogP contribution < -0.4 is 0 Å². The van der Waals surface area contributed by atoms with E-state index in [9.17, 15) is 35.0 Å². The molecule has 12 nitrogen and oxygen atoms in total. The number of benzene rings is 4. The van der Waals surface area contributed by atoms with Crippen LogP contribution in [0.4, 0.5) is 0 Å². The van der Waals surface area contributed by atoms with Crippen molar-refractivity contribution in [2.75, 3.05) is 0 Å². The van der Waals surface area contributed by atoms with Crippen molar-refractivity contribution < 1.29 is 35.0 Å². The van der Waals surface area contributed by atoms with E-state index in [1.54, 1.807) is 24.3 Å². The maximum absolute atomic E-state index is 12.3. The van der Waals surface area contributed by atoms with Crippen molar-refractivity contribution in [1.82, 2.24) is 19.9 Å². The number of nitrogens with one attached hydrogen (secondary N) is 2. The summed E-state index contributed by atoms with van der Waals surface area (Å²) in [5, 5.41) is 0.895. The fraction of sp³-hybridized carbons (Fsp3) is 0.0909. The Kier molecular flexibility index (Phi) is 12.7. The van der Waals surface area contributed by atoms with Gasteiger partial charge in [0.2, 0.25) is 0 Å². The maximum Gasteiger partial charge on any atom is 0.0510 e. The van der Waals surface area contributed by atoms with E-state index in [0.717, 1.165) is 0 Å². The number of aromatic nitrogens is 4. The second kappa shape index (κ2) is 18.1. The summed E-state index contributed by atoms with van der Waals surface area (Å²) in [6, 6.07) is 24.3. The van der Waals surface area contributed by atoms with Crippen LogP contribution in [0.25, 0.3) is 66.6 Å².